The van der Waals surface area contributed by atoms with E-state index < -0.39 is 5.97 Å². The number of carbonyl (C=O) groups excluding carboxylic acids is 1. The molecule has 0 fully saturated rings. The zero-order valence-electron chi connectivity index (χ0n) is 9.63. The number of hydrogen-bond donors (Lipinski definition) is 2. The highest BCUT2D eigenvalue weighted by atomic mass is 35.5. The first-order valence-electron chi connectivity index (χ1n) is 5.32. The zero-order valence-corrected chi connectivity index (χ0v) is 10.4. The van der Waals surface area contributed by atoms with Crippen LogP contribution in [0.1, 0.15) is 20.7 Å². The van der Waals surface area contributed by atoms with Crippen molar-refractivity contribution in [1.29, 1.82) is 0 Å². The summed E-state index contributed by atoms with van der Waals surface area (Å²) < 4.78 is 0. The summed E-state index contributed by atoms with van der Waals surface area (Å²) in [6.45, 7) is 0. The number of aromatic nitrogens is 1. The van der Waals surface area contributed by atoms with Gasteiger partial charge in [0.1, 0.15) is 0 Å². The standard InChI is InChI=1S/C13H9ClN2O3/c14-11-4-3-9(6-10(11)13(18)19)16-12(17)8-2-1-5-15-7-8/h1-7H,(H,16,17)(H,18,19). The van der Waals surface area contributed by atoms with E-state index in [2.05, 4.69) is 10.3 Å². The van der Waals surface area contributed by atoms with Gasteiger partial charge >= 0.3 is 5.97 Å². The molecule has 1 amide bonds. The number of halogens is 1. The fraction of sp³-hybridized carbons (Fsp3) is 0. The lowest BCUT2D eigenvalue weighted by molar-refractivity contribution is 0.0696. The van der Waals surface area contributed by atoms with Gasteiger partial charge in [-0.25, -0.2) is 4.79 Å². The lowest BCUT2D eigenvalue weighted by Gasteiger charge is -2.06. The first-order chi connectivity index (χ1) is 9.08. The lowest BCUT2D eigenvalue weighted by atomic mass is 10.2. The molecule has 2 rings (SSSR count). The van der Waals surface area contributed by atoms with Crippen molar-refractivity contribution in [2.75, 3.05) is 5.32 Å². The minimum atomic E-state index is -1.15. The molecule has 0 aliphatic carbocycles. The maximum Gasteiger partial charge on any atom is 0.337 e. The van der Waals surface area contributed by atoms with Crippen molar-refractivity contribution in [3.05, 3.63) is 58.9 Å². The van der Waals surface area contributed by atoms with Crippen LogP contribution in [0.2, 0.25) is 5.02 Å². The highest BCUT2D eigenvalue weighted by Gasteiger charge is 2.11. The van der Waals surface area contributed by atoms with Crippen LogP contribution in [0.5, 0.6) is 0 Å². The number of anilines is 1. The molecule has 0 saturated heterocycles. The molecule has 1 aromatic carbocycles. The summed E-state index contributed by atoms with van der Waals surface area (Å²) in [7, 11) is 0. The first kappa shape index (κ1) is 13.0. The summed E-state index contributed by atoms with van der Waals surface area (Å²) in [6, 6.07) is 7.50. The van der Waals surface area contributed by atoms with Crippen LogP contribution in [-0.4, -0.2) is 22.0 Å². The molecular formula is C13H9ClN2O3. The van der Waals surface area contributed by atoms with Gasteiger partial charge < -0.3 is 10.4 Å². The highest BCUT2D eigenvalue weighted by Crippen LogP contribution is 2.21. The van der Waals surface area contributed by atoms with Gasteiger partial charge in [0.2, 0.25) is 0 Å². The number of pyridine rings is 1. The van der Waals surface area contributed by atoms with Gasteiger partial charge in [-0.15, -0.1) is 0 Å². The summed E-state index contributed by atoms with van der Waals surface area (Å²) >= 11 is 5.74. The predicted molar refractivity (Wildman–Crippen MR) is 70.6 cm³/mol. The molecule has 1 aromatic heterocycles. The third kappa shape index (κ3) is 3.08. The summed E-state index contributed by atoms with van der Waals surface area (Å²) in [5.41, 5.74) is 0.677. The molecule has 0 aliphatic heterocycles. The number of nitrogens with zero attached hydrogens (tertiary/aromatic N) is 1. The van der Waals surface area contributed by atoms with Crippen LogP contribution in [0.15, 0.2) is 42.7 Å². The van der Waals surface area contributed by atoms with Crippen molar-refractivity contribution >= 4 is 29.2 Å². The fourth-order valence-electron chi connectivity index (χ4n) is 1.47. The van der Waals surface area contributed by atoms with Gasteiger partial charge in [-0.3, -0.25) is 9.78 Å². The van der Waals surface area contributed by atoms with Crippen molar-refractivity contribution in [3.63, 3.8) is 0 Å². The Morgan fingerprint density at radius 2 is 2.05 bits per heavy atom. The van der Waals surface area contributed by atoms with E-state index in [1.165, 1.54) is 24.4 Å². The third-order valence-electron chi connectivity index (χ3n) is 2.38. The number of benzene rings is 1. The number of aromatic carboxylic acids is 1. The molecule has 0 unspecified atom stereocenters. The number of amides is 1. The molecule has 0 aliphatic rings. The van der Waals surface area contributed by atoms with E-state index in [4.69, 9.17) is 16.7 Å². The second kappa shape index (κ2) is 5.49. The van der Waals surface area contributed by atoms with Crippen LogP contribution in [0.3, 0.4) is 0 Å². The van der Waals surface area contributed by atoms with Crippen molar-refractivity contribution in [1.82, 2.24) is 4.98 Å². The van der Waals surface area contributed by atoms with Crippen LogP contribution in [-0.2, 0) is 0 Å². The molecule has 0 atom stereocenters. The second-order valence-corrected chi connectivity index (χ2v) is 4.10. The van der Waals surface area contributed by atoms with Crippen LogP contribution in [0.4, 0.5) is 5.69 Å². The zero-order chi connectivity index (χ0) is 13.8. The number of carbonyl (C=O) groups is 2. The minimum Gasteiger partial charge on any atom is -0.478 e. The Hall–Kier alpha value is -2.40. The van der Waals surface area contributed by atoms with Gasteiger partial charge in [-0.05, 0) is 30.3 Å². The Morgan fingerprint density at radius 3 is 2.68 bits per heavy atom. The van der Waals surface area contributed by atoms with E-state index in [-0.39, 0.29) is 16.5 Å². The average Bonchev–Trinajstić information content (AvgIpc) is 2.41. The fourth-order valence-corrected chi connectivity index (χ4v) is 1.67. The van der Waals surface area contributed by atoms with Crippen LogP contribution < -0.4 is 5.32 Å². The molecule has 0 bridgehead atoms. The Morgan fingerprint density at radius 1 is 1.26 bits per heavy atom. The molecule has 0 saturated carbocycles. The summed E-state index contributed by atoms with van der Waals surface area (Å²) in [4.78, 5) is 26.6. The Bertz CT molecular complexity index is 629. The number of carboxylic acid groups (broad SMARTS) is 1. The topological polar surface area (TPSA) is 79.3 Å². The lowest BCUT2D eigenvalue weighted by Crippen LogP contribution is -2.12. The van der Waals surface area contributed by atoms with Crippen molar-refractivity contribution in [2.45, 2.75) is 0 Å². The Kier molecular flexibility index (Phi) is 3.77. The monoisotopic (exact) mass is 276 g/mol. The molecular weight excluding hydrogens is 268 g/mol. The molecule has 0 spiro atoms. The number of rotatable bonds is 3. The summed E-state index contributed by atoms with van der Waals surface area (Å²) in [5.74, 6) is -1.52. The maximum absolute atomic E-state index is 11.8. The molecule has 19 heavy (non-hydrogen) atoms. The van der Waals surface area contributed by atoms with Gasteiger partial charge in [0, 0.05) is 18.1 Å². The third-order valence-corrected chi connectivity index (χ3v) is 2.71. The van der Waals surface area contributed by atoms with Gasteiger partial charge in [-0.2, -0.15) is 0 Å². The van der Waals surface area contributed by atoms with Crippen molar-refractivity contribution < 1.29 is 14.7 Å². The largest absolute Gasteiger partial charge is 0.478 e. The van der Waals surface area contributed by atoms with Gasteiger partial charge in [0.15, 0.2) is 0 Å². The number of hydrogen-bond acceptors (Lipinski definition) is 3. The number of nitrogens with one attached hydrogen (secondary N) is 1. The summed E-state index contributed by atoms with van der Waals surface area (Å²) in [5, 5.41) is 11.6. The molecule has 6 heteroatoms. The van der Waals surface area contributed by atoms with E-state index in [0.29, 0.717) is 11.3 Å². The molecule has 5 nitrogen and oxygen atoms in total. The van der Waals surface area contributed by atoms with Crippen LogP contribution in [0.25, 0.3) is 0 Å². The maximum atomic E-state index is 11.8. The van der Waals surface area contributed by atoms with Crippen LogP contribution >= 0.6 is 11.6 Å². The molecule has 2 N–H and O–H groups in total. The highest BCUT2D eigenvalue weighted by molar-refractivity contribution is 6.33. The van der Waals surface area contributed by atoms with E-state index >= 15 is 0 Å². The summed E-state index contributed by atoms with van der Waals surface area (Å²) in [6.07, 6.45) is 2.98. The van der Waals surface area contributed by atoms with Crippen LogP contribution in [0, 0.1) is 0 Å². The van der Waals surface area contributed by atoms with Crippen molar-refractivity contribution in [2.24, 2.45) is 0 Å². The molecule has 0 radical (unpaired) electrons. The Labute approximate surface area is 113 Å². The van der Waals surface area contributed by atoms with Gasteiger partial charge in [-0.1, -0.05) is 11.6 Å². The molecule has 2 aromatic rings. The molecule has 1 heterocycles. The SMILES string of the molecule is O=C(Nc1ccc(Cl)c(C(=O)O)c1)c1cccnc1. The second-order valence-electron chi connectivity index (χ2n) is 3.70. The molecule has 96 valence electrons. The Balaban J connectivity index is 2.23. The average molecular weight is 277 g/mol. The van der Waals surface area contributed by atoms with Gasteiger partial charge in [0.25, 0.3) is 5.91 Å². The van der Waals surface area contributed by atoms with E-state index in [9.17, 15) is 9.59 Å². The quantitative estimate of drug-likeness (QED) is 0.903. The van der Waals surface area contributed by atoms with Crippen molar-refractivity contribution in [3.8, 4) is 0 Å². The normalized spacial score (nSPS) is 9.95. The van der Waals surface area contributed by atoms with E-state index in [1.54, 1.807) is 18.3 Å². The number of carboxylic acids is 1. The van der Waals surface area contributed by atoms with E-state index in [0.717, 1.165) is 0 Å². The first-order valence-corrected chi connectivity index (χ1v) is 5.70. The predicted octanol–water partition coefficient (Wildman–Crippen LogP) is 2.69. The van der Waals surface area contributed by atoms with E-state index in [1.807, 2.05) is 0 Å². The minimum absolute atomic E-state index is 0.0642. The van der Waals surface area contributed by atoms with Gasteiger partial charge in [0.05, 0.1) is 16.1 Å². The smallest absolute Gasteiger partial charge is 0.337 e.